The zero-order valence-electron chi connectivity index (χ0n) is 17.6. The Bertz CT molecular complexity index is 742. The summed E-state index contributed by atoms with van der Waals surface area (Å²) in [6.45, 7) is 13.6. The van der Waals surface area contributed by atoms with Crippen molar-refractivity contribution in [2.45, 2.75) is 103 Å². The summed E-state index contributed by atoms with van der Waals surface area (Å²) in [5.41, 5.74) is 2.72. The SMILES string of the molecule is CC(C)c1nc2c(s1)CN(C(C)CCC(C)N1Cc3nc(C4CC4)sc3C1)C2. The van der Waals surface area contributed by atoms with Crippen molar-refractivity contribution < 1.29 is 0 Å². The molecule has 6 heteroatoms. The average molecular weight is 417 g/mol. The summed E-state index contributed by atoms with van der Waals surface area (Å²) >= 11 is 3.92. The Balaban J connectivity index is 1.10. The van der Waals surface area contributed by atoms with Gasteiger partial charge >= 0.3 is 0 Å². The smallest absolute Gasteiger partial charge is 0.0963 e. The second-order valence-electron chi connectivity index (χ2n) is 9.36. The first-order valence-electron chi connectivity index (χ1n) is 10.9. The van der Waals surface area contributed by atoms with E-state index in [0.29, 0.717) is 18.0 Å². The van der Waals surface area contributed by atoms with E-state index in [9.17, 15) is 0 Å². The molecule has 4 nitrogen and oxygen atoms in total. The quantitative estimate of drug-likeness (QED) is 0.597. The van der Waals surface area contributed by atoms with E-state index < -0.39 is 0 Å². The van der Waals surface area contributed by atoms with Gasteiger partial charge in [-0.05, 0) is 39.5 Å². The van der Waals surface area contributed by atoms with Crippen LogP contribution >= 0.6 is 22.7 Å². The third kappa shape index (κ3) is 3.69. The molecule has 0 amide bonds. The van der Waals surface area contributed by atoms with Crippen LogP contribution in [0.1, 0.15) is 96.4 Å². The van der Waals surface area contributed by atoms with Gasteiger partial charge in [0.05, 0.1) is 21.4 Å². The van der Waals surface area contributed by atoms with Crippen LogP contribution in [0.25, 0.3) is 0 Å². The van der Waals surface area contributed by atoms with Gasteiger partial charge in [-0.25, -0.2) is 9.97 Å². The van der Waals surface area contributed by atoms with E-state index in [1.54, 1.807) is 0 Å². The molecule has 1 fully saturated rings. The van der Waals surface area contributed by atoms with E-state index in [2.05, 4.69) is 37.5 Å². The third-order valence-electron chi connectivity index (χ3n) is 6.66. The van der Waals surface area contributed by atoms with Crippen molar-refractivity contribution in [1.29, 1.82) is 0 Å². The normalized spacial score (nSPS) is 22.0. The van der Waals surface area contributed by atoms with Gasteiger partial charge in [0.15, 0.2) is 0 Å². The Labute approximate surface area is 177 Å². The number of aromatic nitrogens is 2. The molecule has 0 radical (unpaired) electrons. The van der Waals surface area contributed by atoms with E-state index >= 15 is 0 Å². The maximum absolute atomic E-state index is 4.94. The summed E-state index contributed by atoms with van der Waals surface area (Å²) in [5.74, 6) is 1.36. The van der Waals surface area contributed by atoms with Crippen LogP contribution < -0.4 is 0 Å². The first kappa shape index (κ1) is 19.2. The van der Waals surface area contributed by atoms with Crippen LogP contribution in [-0.4, -0.2) is 31.9 Å². The molecule has 2 atom stereocenters. The standard InChI is InChI=1S/C22H32N4S2/c1-13(2)21-23-17-9-25(11-19(17)27-21)14(3)5-6-15(4)26-10-18-20(12-26)28-22(24-18)16-7-8-16/h13-16H,5-12H2,1-4H3. The molecular weight excluding hydrogens is 384 g/mol. The van der Waals surface area contributed by atoms with Gasteiger partial charge in [0, 0.05) is 59.9 Å². The maximum atomic E-state index is 4.94. The van der Waals surface area contributed by atoms with Gasteiger partial charge in [-0.15, -0.1) is 22.7 Å². The predicted octanol–water partition coefficient (Wildman–Crippen LogP) is 5.49. The summed E-state index contributed by atoms with van der Waals surface area (Å²) in [7, 11) is 0. The van der Waals surface area contributed by atoms with E-state index in [-0.39, 0.29) is 0 Å². The highest BCUT2D eigenvalue weighted by Gasteiger charge is 2.33. The maximum Gasteiger partial charge on any atom is 0.0963 e. The minimum atomic E-state index is 0.556. The molecule has 1 saturated carbocycles. The van der Waals surface area contributed by atoms with E-state index in [1.807, 2.05) is 22.7 Å². The van der Waals surface area contributed by atoms with Crippen LogP contribution in [0.4, 0.5) is 0 Å². The molecule has 0 aromatic carbocycles. The van der Waals surface area contributed by atoms with Crippen molar-refractivity contribution in [2.24, 2.45) is 0 Å². The summed E-state index contributed by atoms with van der Waals surface area (Å²) in [6.07, 6.45) is 5.25. The van der Waals surface area contributed by atoms with Crippen molar-refractivity contribution in [1.82, 2.24) is 19.8 Å². The second-order valence-corrected chi connectivity index (χ2v) is 11.6. The summed E-state index contributed by atoms with van der Waals surface area (Å²) in [4.78, 5) is 18.1. The molecule has 5 rings (SSSR count). The Kier molecular flexibility index (Phi) is 5.10. The van der Waals surface area contributed by atoms with Crippen LogP contribution in [0.5, 0.6) is 0 Å². The summed E-state index contributed by atoms with van der Waals surface area (Å²) in [6, 6.07) is 1.26. The lowest BCUT2D eigenvalue weighted by atomic mass is 10.1. The highest BCUT2D eigenvalue weighted by molar-refractivity contribution is 7.12. The molecule has 0 bridgehead atoms. The molecule has 2 aromatic heterocycles. The van der Waals surface area contributed by atoms with Gasteiger partial charge in [-0.2, -0.15) is 0 Å². The van der Waals surface area contributed by atoms with Gasteiger partial charge in [-0.3, -0.25) is 9.80 Å². The molecule has 3 aliphatic rings. The summed E-state index contributed by atoms with van der Waals surface area (Å²) in [5, 5.41) is 2.73. The molecule has 0 saturated heterocycles. The van der Waals surface area contributed by atoms with Crippen LogP contribution in [-0.2, 0) is 26.2 Å². The molecule has 4 heterocycles. The zero-order chi connectivity index (χ0) is 19.4. The van der Waals surface area contributed by atoms with Crippen LogP contribution in [0.15, 0.2) is 0 Å². The van der Waals surface area contributed by atoms with Crippen molar-refractivity contribution in [2.75, 3.05) is 0 Å². The van der Waals surface area contributed by atoms with Crippen molar-refractivity contribution in [3.8, 4) is 0 Å². The third-order valence-corrected chi connectivity index (χ3v) is 9.29. The van der Waals surface area contributed by atoms with E-state index in [1.165, 1.54) is 56.8 Å². The lowest BCUT2D eigenvalue weighted by molar-refractivity contribution is 0.161. The molecule has 2 unspecified atom stereocenters. The van der Waals surface area contributed by atoms with Crippen molar-refractivity contribution in [3.05, 3.63) is 31.2 Å². The molecule has 0 spiro atoms. The zero-order valence-corrected chi connectivity index (χ0v) is 19.2. The minimum absolute atomic E-state index is 0.556. The van der Waals surface area contributed by atoms with Crippen LogP contribution in [0.3, 0.4) is 0 Å². The number of hydrogen-bond acceptors (Lipinski definition) is 6. The fraction of sp³-hybridized carbons (Fsp3) is 0.727. The molecule has 1 aliphatic carbocycles. The van der Waals surface area contributed by atoms with Crippen molar-refractivity contribution in [3.63, 3.8) is 0 Å². The Hall–Kier alpha value is -0.820. The molecule has 0 N–H and O–H groups in total. The molecular formula is C22H32N4S2. The highest BCUT2D eigenvalue weighted by Crippen LogP contribution is 2.44. The van der Waals surface area contributed by atoms with Gasteiger partial charge in [0.2, 0.25) is 0 Å². The topological polar surface area (TPSA) is 32.3 Å². The largest absolute Gasteiger partial charge is 0.290 e. The van der Waals surface area contributed by atoms with E-state index in [4.69, 9.17) is 9.97 Å². The number of thiazole rings is 2. The summed E-state index contributed by atoms with van der Waals surface area (Å²) < 4.78 is 0. The first-order chi connectivity index (χ1) is 13.5. The second kappa shape index (κ2) is 7.46. The number of nitrogens with zero attached hydrogens (tertiary/aromatic N) is 4. The minimum Gasteiger partial charge on any atom is -0.290 e. The fourth-order valence-corrected chi connectivity index (χ4v) is 6.76. The first-order valence-corrected chi connectivity index (χ1v) is 12.6. The van der Waals surface area contributed by atoms with Gasteiger partial charge in [0.1, 0.15) is 0 Å². The monoisotopic (exact) mass is 416 g/mol. The number of rotatable bonds is 7. The van der Waals surface area contributed by atoms with Crippen molar-refractivity contribution >= 4 is 22.7 Å². The highest BCUT2D eigenvalue weighted by atomic mass is 32.1. The average Bonchev–Trinajstić information content (AvgIpc) is 2.99. The molecule has 152 valence electrons. The van der Waals surface area contributed by atoms with E-state index in [0.717, 1.165) is 32.1 Å². The molecule has 28 heavy (non-hydrogen) atoms. The lowest BCUT2D eigenvalue weighted by Gasteiger charge is -2.28. The van der Waals surface area contributed by atoms with Crippen LogP contribution in [0, 0.1) is 0 Å². The fourth-order valence-electron chi connectivity index (χ4n) is 4.39. The Morgan fingerprint density at radius 2 is 1.39 bits per heavy atom. The molecule has 2 aromatic rings. The van der Waals surface area contributed by atoms with Gasteiger partial charge < -0.3 is 0 Å². The Morgan fingerprint density at radius 3 is 1.89 bits per heavy atom. The molecule has 2 aliphatic heterocycles. The van der Waals surface area contributed by atoms with Gasteiger partial charge in [0.25, 0.3) is 0 Å². The predicted molar refractivity (Wildman–Crippen MR) is 117 cm³/mol. The number of hydrogen-bond donors (Lipinski definition) is 0. The number of fused-ring (bicyclic) bond motifs is 2. The Morgan fingerprint density at radius 1 is 0.821 bits per heavy atom. The lowest BCUT2D eigenvalue weighted by Crippen LogP contribution is -2.32. The van der Waals surface area contributed by atoms with Crippen LogP contribution in [0.2, 0.25) is 0 Å². The van der Waals surface area contributed by atoms with Gasteiger partial charge in [-0.1, -0.05) is 13.8 Å².